The molecule has 0 atom stereocenters. The molecule has 0 bridgehead atoms. The molecule has 8 heteroatoms. The first-order valence-corrected chi connectivity index (χ1v) is 10.0. The number of rotatable bonds is 9. The van der Waals surface area contributed by atoms with E-state index in [-0.39, 0.29) is 0 Å². The van der Waals surface area contributed by atoms with Crippen LogP contribution in [-0.2, 0) is 20.2 Å². The summed E-state index contributed by atoms with van der Waals surface area (Å²) in [7, 11) is 1.83. The van der Waals surface area contributed by atoms with Crippen molar-refractivity contribution in [3.63, 3.8) is 0 Å². The van der Waals surface area contributed by atoms with Gasteiger partial charge in [-0.05, 0) is 46.7 Å². The predicted molar refractivity (Wildman–Crippen MR) is 108 cm³/mol. The van der Waals surface area contributed by atoms with Crippen LogP contribution >= 0.6 is 23.4 Å². The summed E-state index contributed by atoms with van der Waals surface area (Å²) in [6.07, 6.45) is 0. The molecule has 0 amide bonds. The minimum absolute atomic E-state index is 0.538. The summed E-state index contributed by atoms with van der Waals surface area (Å²) in [6.45, 7) is 4.13. The van der Waals surface area contributed by atoms with Crippen LogP contribution in [0.25, 0.3) is 0 Å². The molecule has 6 nitrogen and oxygen atoms in total. The van der Waals surface area contributed by atoms with E-state index < -0.39 is 0 Å². The van der Waals surface area contributed by atoms with E-state index in [0.29, 0.717) is 18.2 Å². The number of aryl methyl sites for hydroxylation is 2. The Hall–Kier alpha value is -2.09. The van der Waals surface area contributed by atoms with Crippen LogP contribution < -0.4 is 10.1 Å². The number of nitrogens with one attached hydrogen (secondary N) is 1. The van der Waals surface area contributed by atoms with Crippen molar-refractivity contribution in [1.82, 2.24) is 25.5 Å². The first-order chi connectivity index (χ1) is 13.1. The molecule has 0 spiro atoms. The highest BCUT2D eigenvalue weighted by molar-refractivity contribution is 7.99. The maximum absolute atomic E-state index is 6.17. The summed E-state index contributed by atoms with van der Waals surface area (Å²) in [4.78, 5) is 0. The standard InChI is InChI=1S/C19H22ClN5OS/c1-14-5-3-4-6-15(14)13-26-18-8-7-17(20)11-16(18)12-21-9-10-27-19-22-23-24-25(19)2/h3-8,11,21H,9-10,12-13H2,1-2H3. The van der Waals surface area contributed by atoms with Crippen LogP contribution in [0.4, 0.5) is 0 Å². The van der Waals surface area contributed by atoms with Crippen LogP contribution in [0.2, 0.25) is 5.02 Å². The summed E-state index contributed by atoms with van der Waals surface area (Å²) in [5.74, 6) is 1.72. The lowest BCUT2D eigenvalue weighted by molar-refractivity contribution is 0.301. The molecule has 0 saturated carbocycles. The van der Waals surface area contributed by atoms with Crippen LogP contribution in [-0.4, -0.2) is 32.5 Å². The van der Waals surface area contributed by atoms with Crippen LogP contribution in [0.15, 0.2) is 47.6 Å². The van der Waals surface area contributed by atoms with Crippen LogP contribution in [0.5, 0.6) is 5.75 Å². The predicted octanol–water partition coefficient (Wildman–Crippen LogP) is 3.63. The van der Waals surface area contributed by atoms with Crippen LogP contribution in [0.1, 0.15) is 16.7 Å². The Kier molecular flexibility index (Phi) is 7.09. The summed E-state index contributed by atoms with van der Waals surface area (Å²) >= 11 is 7.78. The third-order valence-electron chi connectivity index (χ3n) is 4.07. The van der Waals surface area contributed by atoms with Crippen molar-refractivity contribution in [2.45, 2.75) is 25.2 Å². The van der Waals surface area contributed by atoms with E-state index in [1.165, 1.54) is 11.1 Å². The van der Waals surface area contributed by atoms with Gasteiger partial charge in [0.15, 0.2) is 0 Å². The highest BCUT2D eigenvalue weighted by Crippen LogP contribution is 2.24. The van der Waals surface area contributed by atoms with E-state index in [9.17, 15) is 0 Å². The zero-order valence-electron chi connectivity index (χ0n) is 15.4. The molecule has 0 aliphatic carbocycles. The Morgan fingerprint density at radius 2 is 2.04 bits per heavy atom. The van der Waals surface area contributed by atoms with Crippen molar-refractivity contribution in [2.75, 3.05) is 12.3 Å². The summed E-state index contributed by atoms with van der Waals surface area (Å²) in [5, 5.41) is 16.3. The summed E-state index contributed by atoms with van der Waals surface area (Å²) in [6, 6.07) is 14.0. The lowest BCUT2D eigenvalue weighted by atomic mass is 10.1. The molecule has 1 N–H and O–H groups in total. The van der Waals surface area contributed by atoms with Crippen molar-refractivity contribution in [3.8, 4) is 5.75 Å². The molecule has 3 aromatic rings. The molecule has 0 aliphatic rings. The normalized spacial score (nSPS) is 10.9. The van der Waals surface area contributed by atoms with E-state index >= 15 is 0 Å². The summed E-state index contributed by atoms with van der Waals surface area (Å²) in [5.41, 5.74) is 3.45. The van der Waals surface area contributed by atoms with Gasteiger partial charge in [-0.1, -0.05) is 47.6 Å². The number of hydrogen-bond donors (Lipinski definition) is 1. The lowest BCUT2D eigenvalue weighted by Crippen LogP contribution is -2.17. The molecule has 27 heavy (non-hydrogen) atoms. The molecule has 0 aliphatic heterocycles. The quantitative estimate of drug-likeness (QED) is 0.434. The maximum atomic E-state index is 6.17. The second-order valence-corrected chi connectivity index (χ2v) is 7.58. The van der Waals surface area contributed by atoms with Gasteiger partial charge in [-0.2, -0.15) is 0 Å². The lowest BCUT2D eigenvalue weighted by Gasteiger charge is -2.14. The first kappa shape index (κ1) is 19.7. The van der Waals surface area contributed by atoms with Crippen molar-refractivity contribution in [2.24, 2.45) is 7.05 Å². The van der Waals surface area contributed by atoms with Gasteiger partial charge in [0.1, 0.15) is 12.4 Å². The van der Waals surface area contributed by atoms with Gasteiger partial charge < -0.3 is 10.1 Å². The number of nitrogens with zero attached hydrogens (tertiary/aromatic N) is 4. The van der Waals surface area contributed by atoms with Gasteiger partial charge in [-0.3, -0.25) is 0 Å². The fourth-order valence-electron chi connectivity index (χ4n) is 2.54. The topological polar surface area (TPSA) is 64.9 Å². The number of hydrogen-bond acceptors (Lipinski definition) is 6. The van der Waals surface area contributed by atoms with Crippen molar-refractivity contribution in [3.05, 3.63) is 64.2 Å². The van der Waals surface area contributed by atoms with Gasteiger partial charge in [0.05, 0.1) is 0 Å². The molecule has 1 heterocycles. The van der Waals surface area contributed by atoms with Gasteiger partial charge in [0, 0.05) is 36.5 Å². The maximum Gasteiger partial charge on any atom is 0.209 e. The summed E-state index contributed by atoms with van der Waals surface area (Å²) < 4.78 is 7.72. The average Bonchev–Trinajstić information content (AvgIpc) is 3.07. The van der Waals surface area contributed by atoms with Crippen molar-refractivity contribution in [1.29, 1.82) is 0 Å². The SMILES string of the molecule is Cc1ccccc1COc1ccc(Cl)cc1CNCCSc1nnnn1C. The zero-order chi connectivity index (χ0) is 19.1. The molecular weight excluding hydrogens is 382 g/mol. The number of tetrazole rings is 1. The Balaban J connectivity index is 1.52. The average molecular weight is 404 g/mol. The van der Waals surface area contributed by atoms with Gasteiger partial charge in [-0.25, -0.2) is 4.68 Å². The van der Waals surface area contributed by atoms with Gasteiger partial charge in [-0.15, -0.1) is 5.10 Å². The number of halogens is 1. The Morgan fingerprint density at radius 3 is 2.81 bits per heavy atom. The molecule has 0 unspecified atom stereocenters. The number of aromatic nitrogens is 4. The Morgan fingerprint density at radius 1 is 1.19 bits per heavy atom. The minimum Gasteiger partial charge on any atom is -0.489 e. The molecule has 0 fully saturated rings. The Labute approximate surface area is 168 Å². The van der Waals surface area contributed by atoms with E-state index in [1.54, 1.807) is 16.4 Å². The van der Waals surface area contributed by atoms with E-state index in [0.717, 1.165) is 28.8 Å². The van der Waals surface area contributed by atoms with E-state index in [1.807, 2.05) is 37.4 Å². The van der Waals surface area contributed by atoms with Gasteiger partial charge in [0.2, 0.25) is 5.16 Å². The van der Waals surface area contributed by atoms with Crippen molar-refractivity contribution < 1.29 is 4.74 Å². The zero-order valence-corrected chi connectivity index (χ0v) is 16.9. The molecular formula is C19H22ClN5OS. The number of ether oxygens (including phenoxy) is 1. The van der Waals surface area contributed by atoms with Crippen LogP contribution in [0, 0.1) is 6.92 Å². The van der Waals surface area contributed by atoms with E-state index in [4.69, 9.17) is 16.3 Å². The highest BCUT2D eigenvalue weighted by atomic mass is 35.5. The first-order valence-electron chi connectivity index (χ1n) is 8.65. The van der Waals surface area contributed by atoms with Crippen molar-refractivity contribution >= 4 is 23.4 Å². The molecule has 0 radical (unpaired) electrons. The number of benzene rings is 2. The third kappa shape index (κ3) is 5.69. The van der Waals surface area contributed by atoms with Gasteiger partial charge in [0.25, 0.3) is 0 Å². The Bertz CT molecular complexity index is 886. The minimum atomic E-state index is 0.538. The fourth-order valence-corrected chi connectivity index (χ4v) is 3.48. The molecule has 2 aromatic carbocycles. The third-order valence-corrected chi connectivity index (χ3v) is 5.32. The molecule has 1 aromatic heterocycles. The smallest absolute Gasteiger partial charge is 0.209 e. The largest absolute Gasteiger partial charge is 0.489 e. The van der Waals surface area contributed by atoms with E-state index in [2.05, 4.69) is 39.9 Å². The molecule has 142 valence electrons. The fraction of sp³-hybridized carbons (Fsp3) is 0.316. The second-order valence-electron chi connectivity index (χ2n) is 6.08. The second kappa shape index (κ2) is 9.73. The monoisotopic (exact) mass is 403 g/mol. The molecule has 3 rings (SSSR count). The highest BCUT2D eigenvalue weighted by Gasteiger charge is 2.07. The molecule has 0 saturated heterocycles. The number of thioether (sulfide) groups is 1. The van der Waals surface area contributed by atoms with Gasteiger partial charge >= 0.3 is 0 Å². The van der Waals surface area contributed by atoms with Crippen LogP contribution in [0.3, 0.4) is 0 Å².